The molecule has 3 rings (SSSR count). The Kier molecular flexibility index (Phi) is 3.76. The maximum absolute atomic E-state index is 13.6. The van der Waals surface area contributed by atoms with Gasteiger partial charge in [0.25, 0.3) is 6.02 Å². The standard InChI is InChI=1S/C17H18BFN2O2/c1-10-7-11(4-6-15(10)22-2)17(9-23-16(20)21-17)12-3-5-14(19)13(18)8-12/h3-8H,9,18H2,1-2H3,(H2,20,21). The monoisotopic (exact) mass is 312 g/mol. The first-order chi connectivity index (χ1) is 11.0. The third kappa shape index (κ3) is 2.54. The highest BCUT2D eigenvalue weighted by Crippen LogP contribution is 2.38. The number of hydrogen-bond acceptors (Lipinski definition) is 4. The summed E-state index contributed by atoms with van der Waals surface area (Å²) < 4.78 is 24.4. The van der Waals surface area contributed by atoms with Crippen molar-refractivity contribution < 1.29 is 13.9 Å². The molecule has 0 radical (unpaired) electrons. The van der Waals surface area contributed by atoms with Crippen molar-refractivity contribution in [2.75, 3.05) is 13.7 Å². The van der Waals surface area contributed by atoms with Gasteiger partial charge in [0.15, 0.2) is 0 Å². The quantitative estimate of drug-likeness (QED) is 0.860. The van der Waals surface area contributed by atoms with Gasteiger partial charge in [-0.2, -0.15) is 0 Å². The highest BCUT2D eigenvalue weighted by atomic mass is 19.1. The number of amidine groups is 1. The van der Waals surface area contributed by atoms with Gasteiger partial charge in [0.05, 0.1) is 7.11 Å². The fourth-order valence-electron chi connectivity index (χ4n) is 2.93. The summed E-state index contributed by atoms with van der Waals surface area (Å²) in [6, 6.07) is 11.0. The molecule has 1 unspecified atom stereocenters. The molecule has 1 atom stereocenters. The second-order valence-electron chi connectivity index (χ2n) is 5.75. The Labute approximate surface area is 135 Å². The Hall–Kier alpha value is -2.50. The fourth-order valence-corrected chi connectivity index (χ4v) is 2.93. The Morgan fingerprint density at radius 3 is 2.52 bits per heavy atom. The smallest absolute Gasteiger partial charge is 0.283 e. The fraction of sp³-hybridized carbons (Fsp3) is 0.235. The van der Waals surface area contributed by atoms with E-state index in [1.54, 1.807) is 27.1 Å². The first-order valence-corrected chi connectivity index (χ1v) is 7.36. The molecule has 1 aliphatic rings. The van der Waals surface area contributed by atoms with Gasteiger partial charge in [-0.15, -0.1) is 0 Å². The largest absolute Gasteiger partial charge is 0.496 e. The van der Waals surface area contributed by atoms with Gasteiger partial charge in [0.2, 0.25) is 0 Å². The number of benzene rings is 2. The van der Waals surface area contributed by atoms with Crippen LogP contribution < -0.4 is 15.9 Å². The maximum atomic E-state index is 13.6. The van der Waals surface area contributed by atoms with Gasteiger partial charge in [-0.05, 0) is 41.8 Å². The number of aliphatic imine (C=N–C) groups is 1. The molecule has 1 heterocycles. The molecule has 23 heavy (non-hydrogen) atoms. The van der Waals surface area contributed by atoms with Crippen molar-refractivity contribution in [3.63, 3.8) is 0 Å². The van der Waals surface area contributed by atoms with E-state index in [1.165, 1.54) is 6.07 Å². The highest BCUT2D eigenvalue weighted by molar-refractivity contribution is 6.32. The second-order valence-corrected chi connectivity index (χ2v) is 5.75. The van der Waals surface area contributed by atoms with Gasteiger partial charge in [0, 0.05) is 0 Å². The van der Waals surface area contributed by atoms with Gasteiger partial charge in [0.1, 0.15) is 31.6 Å². The van der Waals surface area contributed by atoms with Crippen molar-refractivity contribution >= 4 is 19.3 Å². The summed E-state index contributed by atoms with van der Waals surface area (Å²) in [5, 5.41) is 0. The SMILES string of the molecule is Bc1cc(C2(c3ccc(OC)c(C)c3)COC(N)=N2)ccc1F. The van der Waals surface area contributed by atoms with Crippen LogP contribution in [0.4, 0.5) is 4.39 Å². The number of halogens is 1. The lowest BCUT2D eigenvalue weighted by molar-refractivity contribution is 0.278. The van der Waals surface area contributed by atoms with Crippen LogP contribution >= 0.6 is 0 Å². The Morgan fingerprint density at radius 1 is 1.26 bits per heavy atom. The van der Waals surface area contributed by atoms with E-state index in [0.717, 1.165) is 22.4 Å². The molecule has 0 spiro atoms. The molecule has 0 bridgehead atoms. The van der Waals surface area contributed by atoms with E-state index in [1.807, 2.05) is 25.1 Å². The first-order valence-electron chi connectivity index (χ1n) is 7.36. The third-order valence-electron chi connectivity index (χ3n) is 4.24. The van der Waals surface area contributed by atoms with Crippen molar-refractivity contribution in [1.82, 2.24) is 0 Å². The average Bonchev–Trinajstić information content (AvgIpc) is 2.93. The molecule has 0 aromatic heterocycles. The molecule has 2 N–H and O–H groups in total. The zero-order valence-corrected chi connectivity index (χ0v) is 13.4. The van der Waals surface area contributed by atoms with E-state index >= 15 is 0 Å². The molecule has 4 nitrogen and oxygen atoms in total. The lowest BCUT2D eigenvalue weighted by atomic mass is 9.81. The molecule has 0 saturated heterocycles. The van der Waals surface area contributed by atoms with Crippen molar-refractivity contribution in [2.45, 2.75) is 12.5 Å². The molecule has 6 heteroatoms. The lowest BCUT2D eigenvalue weighted by Crippen LogP contribution is -2.29. The van der Waals surface area contributed by atoms with E-state index in [-0.39, 0.29) is 18.4 Å². The van der Waals surface area contributed by atoms with Crippen molar-refractivity contribution in [3.05, 3.63) is 58.9 Å². The van der Waals surface area contributed by atoms with Crippen LogP contribution in [0.1, 0.15) is 16.7 Å². The minimum absolute atomic E-state index is 0.139. The minimum atomic E-state index is -0.764. The molecule has 2 aromatic carbocycles. The number of nitrogens with zero attached hydrogens (tertiary/aromatic N) is 1. The zero-order valence-electron chi connectivity index (χ0n) is 13.4. The topological polar surface area (TPSA) is 56.8 Å². The van der Waals surface area contributed by atoms with Crippen molar-refractivity contribution in [3.8, 4) is 5.75 Å². The number of hydrogen-bond donors (Lipinski definition) is 1. The summed E-state index contributed by atoms with van der Waals surface area (Å²) in [7, 11) is 3.37. The van der Waals surface area contributed by atoms with E-state index < -0.39 is 5.54 Å². The van der Waals surface area contributed by atoms with Crippen molar-refractivity contribution in [1.29, 1.82) is 0 Å². The van der Waals surface area contributed by atoms with Crippen LogP contribution in [-0.4, -0.2) is 27.6 Å². The molecular weight excluding hydrogens is 294 g/mol. The van der Waals surface area contributed by atoms with Gasteiger partial charge < -0.3 is 15.2 Å². The zero-order chi connectivity index (χ0) is 16.6. The molecule has 0 fully saturated rings. The van der Waals surface area contributed by atoms with E-state index in [9.17, 15) is 4.39 Å². The summed E-state index contributed by atoms with van der Waals surface area (Å²) in [4.78, 5) is 4.54. The second kappa shape index (κ2) is 5.61. The number of aryl methyl sites for hydroxylation is 1. The predicted molar refractivity (Wildman–Crippen MR) is 90.7 cm³/mol. The summed E-state index contributed by atoms with van der Waals surface area (Å²) in [5.74, 6) is 0.556. The van der Waals surface area contributed by atoms with Crippen LogP contribution in [0.2, 0.25) is 0 Å². The molecule has 0 saturated carbocycles. The number of ether oxygens (including phenoxy) is 2. The van der Waals surface area contributed by atoms with Gasteiger partial charge in [-0.3, -0.25) is 0 Å². The number of methoxy groups -OCH3 is 1. The summed E-state index contributed by atoms with van der Waals surface area (Å²) in [5.41, 5.74) is 8.35. The summed E-state index contributed by atoms with van der Waals surface area (Å²) in [6.07, 6.45) is 0. The van der Waals surface area contributed by atoms with Gasteiger partial charge >= 0.3 is 0 Å². The normalized spacial score (nSPS) is 20.0. The summed E-state index contributed by atoms with van der Waals surface area (Å²) >= 11 is 0. The lowest BCUT2D eigenvalue weighted by Gasteiger charge is -2.26. The Balaban J connectivity index is 2.18. The van der Waals surface area contributed by atoms with Crippen LogP contribution in [0.25, 0.3) is 0 Å². The van der Waals surface area contributed by atoms with E-state index in [2.05, 4.69) is 4.99 Å². The molecule has 118 valence electrons. The molecule has 0 amide bonds. The van der Waals surface area contributed by atoms with Crippen LogP contribution in [0, 0.1) is 12.7 Å². The van der Waals surface area contributed by atoms with Crippen LogP contribution in [0.15, 0.2) is 41.4 Å². The van der Waals surface area contributed by atoms with E-state index in [0.29, 0.717) is 5.46 Å². The third-order valence-corrected chi connectivity index (χ3v) is 4.24. The van der Waals surface area contributed by atoms with Gasteiger partial charge in [-0.1, -0.05) is 23.7 Å². The van der Waals surface area contributed by atoms with E-state index in [4.69, 9.17) is 15.2 Å². The van der Waals surface area contributed by atoms with Gasteiger partial charge in [-0.25, -0.2) is 9.38 Å². The summed E-state index contributed by atoms with van der Waals surface area (Å²) in [6.45, 7) is 2.25. The maximum Gasteiger partial charge on any atom is 0.283 e. The van der Waals surface area contributed by atoms with Crippen LogP contribution in [0.3, 0.4) is 0 Å². The Bertz CT molecular complexity index is 794. The molecular formula is C17H18BFN2O2. The molecule has 2 aromatic rings. The molecule has 0 aliphatic carbocycles. The average molecular weight is 312 g/mol. The number of rotatable bonds is 3. The molecule has 1 aliphatic heterocycles. The number of nitrogens with two attached hydrogens (primary N) is 1. The minimum Gasteiger partial charge on any atom is -0.496 e. The van der Waals surface area contributed by atoms with Crippen molar-refractivity contribution in [2.24, 2.45) is 10.7 Å². The predicted octanol–water partition coefficient (Wildman–Crippen LogP) is 0.990. The van der Waals surface area contributed by atoms with Crippen LogP contribution in [-0.2, 0) is 10.3 Å². The highest BCUT2D eigenvalue weighted by Gasteiger charge is 2.40. The Morgan fingerprint density at radius 2 is 1.96 bits per heavy atom. The first kappa shape index (κ1) is 15.4. The van der Waals surface area contributed by atoms with Crippen LogP contribution in [0.5, 0.6) is 5.75 Å².